The van der Waals surface area contributed by atoms with Gasteiger partial charge in [-0.15, -0.1) is 0 Å². The van der Waals surface area contributed by atoms with E-state index in [0.29, 0.717) is 0 Å². The summed E-state index contributed by atoms with van der Waals surface area (Å²) in [5, 5.41) is 0.724. The fraction of sp³-hybridized carbons (Fsp3) is 0.400. The Hall–Kier alpha value is -0.370. The van der Waals surface area contributed by atoms with Crippen LogP contribution in [-0.2, 0) is 11.8 Å². The number of halogens is 2. The van der Waals surface area contributed by atoms with Crippen LogP contribution in [0.2, 0.25) is 0 Å². The van der Waals surface area contributed by atoms with E-state index in [9.17, 15) is 4.39 Å². The Morgan fingerprint density at radius 3 is 2.50 bits per heavy atom. The van der Waals surface area contributed by atoms with Crippen molar-refractivity contribution in [3.05, 3.63) is 35.1 Å². The van der Waals surface area contributed by atoms with Gasteiger partial charge < -0.3 is 0 Å². The molecule has 0 unspecified atom stereocenters. The van der Waals surface area contributed by atoms with Crippen LogP contribution in [0.25, 0.3) is 0 Å². The zero-order chi connectivity index (χ0) is 8.97. The van der Waals surface area contributed by atoms with Crippen molar-refractivity contribution >= 4 is 15.9 Å². The molecule has 0 nitrogen and oxygen atoms in total. The zero-order valence-electron chi connectivity index (χ0n) is 7.11. The molecule has 0 fully saturated rings. The van der Waals surface area contributed by atoms with Gasteiger partial charge >= 0.3 is 0 Å². The Labute approximate surface area is 80.9 Å². The average Bonchev–Trinajstić information content (AvgIpc) is 2.04. The fourth-order valence-corrected chi connectivity index (χ4v) is 1.55. The molecule has 0 aromatic heterocycles. The van der Waals surface area contributed by atoms with E-state index in [0.717, 1.165) is 29.3 Å². The molecule has 0 bridgehead atoms. The van der Waals surface area contributed by atoms with Crippen LogP contribution in [0.3, 0.4) is 0 Å². The quantitative estimate of drug-likeness (QED) is 0.696. The molecule has 0 N–H and O–H groups in total. The lowest BCUT2D eigenvalue weighted by Crippen LogP contribution is -1.88. The summed E-state index contributed by atoms with van der Waals surface area (Å²) in [7, 11) is 0. The fourth-order valence-electron chi connectivity index (χ4n) is 1.23. The van der Waals surface area contributed by atoms with Gasteiger partial charge in [-0.3, -0.25) is 0 Å². The molecule has 0 atom stereocenters. The van der Waals surface area contributed by atoms with Crippen LogP contribution in [0.15, 0.2) is 18.2 Å². The molecular weight excluding hydrogens is 219 g/mol. The van der Waals surface area contributed by atoms with Gasteiger partial charge in [0.05, 0.1) is 0 Å². The molecule has 0 aliphatic rings. The van der Waals surface area contributed by atoms with Gasteiger partial charge in [-0.05, 0) is 29.7 Å². The summed E-state index contributed by atoms with van der Waals surface area (Å²) >= 11 is 3.31. The number of alkyl halides is 1. The minimum atomic E-state index is -0.129. The number of rotatable bonds is 3. The average molecular weight is 231 g/mol. The van der Waals surface area contributed by atoms with Crippen molar-refractivity contribution in [2.45, 2.75) is 25.1 Å². The maximum atomic E-state index is 12.9. The molecule has 1 rings (SSSR count). The van der Waals surface area contributed by atoms with Crippen LogP contribution < -0.4 is 0 Å². The lowest BCUT2D eigenvalue weighted by atomic mass is 10.1. The van der Waals surface area contributed by atoms with Gasteiger partial charge in [-0.2, -0.15) is 0 Å². The summed E-state index contributed by atoms with van der Waals surface area (Å²) < 4.78 is 12.9. The lowest BCUT2D eigenvalue weighted by molar-refractivity contribution is 0.623. The highest BCUT2D eigenvalue weighted by atomic mass is 79.9. The molecule has 0 saturated carbocycles. The predicted molar refractivity (Wildman–Crippen MR) is 53.0 cm³/mol. The first-order chi connectivity index (χ1) is 5.76. The van der Waals surface area contributed by atoms with Crippen molar-refractivity contribution in [1.82, 2.24) is 0 Å². The summed E-state index contributed by atoms with van der Waals surface area (Å²) in [4.78, 5) is 0. The third-order valence-corrected chi connectivity index (χ3v) is 2.36. The Kier molecular flexibility index (Phi) is 3.73. The standard InChI is InChI=1S/C10H12BrF/c1-2-3-8-4-9(7-11)6-10(12)5-8/h4-6H,2-3,7H2,1H3. The van der Waals surface area contributed by atoms with E-state index in [1.54, 1.807) is 12.1 Å². The Bertz CT molecular complexity index is 258. The van der Waals surface area contributed by atoms with E-state index in [2.05, 4.69) is 22.9 Å². The van der Waals surface area contributed by atoms with Gasteiger partial charge in [0.15, 0.2) is 0 Å². The number of hydrogen-bond acceptors (Lipinski definition) is 0. The first-order valence-electron chi connectivity index (χ1n) is 4.10. The Balaban J connectivity index is 2.90. The smallest absolute Gasteiger partial charge is 0.123 e. The molecule has 2 heteroatoms. The zero-order valence-corrected chi connectivity index (χ0v) is 8.70. The third kappa shape index (κ3) is 2.59. The van der Waals surface area contributed by atoms with Gasteiger partial charge in [0.2, 0.25) is 0 Å². The first-order valence-corrected chi connectivity index (χ1v) is 5.22. The van der Waals surface area contributed by atoms with E-state index in [1.807, 2.05) is 6.07 Å². The van der Waals surface area contributed by atoms with Crippen LogP contribution >= 0.6 is 15.9 Å². The van der Waals surface area contributed by atoms with Crippen molar-refractivity contribution in [2.75, 3.05) is 0 Å². The van der Waals surface area contributed by atoms with Crippen LogP contribution in [0.4, 0.5) is 4.39 Å². The molecule has 66 valence electrons. The monoisotopic (exact) mass is 230 g/mol. The molecule has 1 aromatic rings. The maximum Gasteiger partial charge on any atom is 0.123 e. The highest BCUT2D eigenvalue weighted by molar-refractivity contribution is 9.08. The van der Waals surface area contributed by atoms with Crippen LogP contribution in [0, 0.1) is 5.82 Å². The third-order valence-electron chi connectivity index (χ3n) is 1.71. The second kappa shape index (κ2) is 4.61. The van der Waals surface area contributed by atoms with E-state index < -0.39 is 0 Å². The van der Waals surface area contributed by atoms with Crippen LogP contribution in [0.1, 0.15) is 24.5 Å². The van der Waals surface area contributed by atoms with E-state index >= 15 is 0 Å². The van der Waals surface area contributed by atoms with E-state index in [-0.39, 0.29) is 5.82 Å². The van der Waals surface area contributed by atoms with E-state index in [1.165, 1.54) is 0 Å². The highest BCUT2D eigenvalue weighted by Crippen LogP contribution is 2.13. The molecule has 0 spiro atoms. The minimum absolute atomic E-state index is 0.129. The molecule has 0 saturated heterocycles. The molecule has 0 aliphatic carbocycles. The number of aryl methyl sites for hydroxylation is 1. The summed E-state index contributed by atoms with van der Waals surface area (Å²) in [6, 6.07) is 5.21. The van der Waals surface area contributed by atoms with Crippen molar-refractivity contribution in [1.29, 1.82) is 0 Å². The lowest BCUT2D eigenvalue weighted by Gasteiger charge is -2.01. The van der Waals surface area contributed by atoms with Gasteiger partial charge in [0.25, 0.3) is 0 Å². The SMILES string of the molecule is CCCc1cc(F)cc(CBr)c1. The van der Waals surface area contributed by atoms with Crippen molar-refractivity contribution in [3.8, 4) is 0 Å². The molecule has 12 heavy (non-hydrogen) atoms. The minimum Gasteiger partial charge on any atom is -0.207 e. The molecule has 0 amide bonds. The Morgan fingerprint density at radius 2 is 1.92 bits per heavy atom. The summed E-state index contributed by atoms with van der Waals surface area (Å²) in [6.07, 6.45) is 2.02. The molecular formula is C10H12BrF. The van der Waals surface area contributed by atoms with Crippen molar-refractivity contribution < 1.29 is 4.39 Å². The maximum absolute atomic E-state index is 12.9. The second-order valence-corrected chi connectivity index (χ2v) is 3.41. The summed E-state index contributed by atoms with van der Waals surface area (Å²) in [6.45, 7) is 2.10. The second-order valence-electron chi connectivity index (χ2n) is 2.85. The van der Waals surface area contributed by atoms with Crippen LogP contribution in [-0.4, -0.2) is 0 Å². The highest BCUT2D eigenvalue weighted by Gasteiger charge is 1.98. The van der Waals surface area contributed by atoms with Gasteiger partial charge in [0, 0.05) is 5.33 Å². The molecule has 0 heterocycles. The van der Waals surface area contributed by atoms with Gasteiger partial charge in [-0.1, -0.05) is 35.3 Å². The van der Waals surface area contributed by atoms with Crippen molar-refractivity contribution in [3.63, 3.8) is 0 Å². The van der Waals surface area contributed by atoms with Gasteiger partial charge in [-0.25, -0.2) is 4.39 Å². The topological polar surface area (TPSA) is 0 Å². The van der Waals surface area contributed by atoms with Crippen molar-refractivity contribution in [2.24, 2.45) is 0 Å². The number of hydrogen-bond donors (Lipinski definition) is 0. The predicted octanol–water partition coefficient (Wildman–Crippen LogP) is 3.67. The Morgan fingerprint density at radius 1 is 1.25 bits per heavy atom. The normalized spacial score (nSPS) is 10.2. The largest absolute Gasteiger partial charge is 0.207 e. The van der Waals surface area contributed by atoms with E-state index in [4.69, 9.17) is 0 Å². The van der Waals surface area contributed by atoms with Crippen LogP contribution in [0.5, 0.6) is 0 Å². The molecule has 1 aromatic carbocycles. The number of benzene rings is 1. The summed E-state index contributed by atoms with van der Waals surface area (Å²) in [5.41, 5.74) is 2.10. The molecule has 0 aliphatic heterocycles. The van der Waals surface area contributed by atoms with Gasteiger partial charge in [0.1, 0.15) is 5.82 Å². The summed E-state index contributed by atoms with van der Waals surface area (Å²) in [5.74, 6) is -0.129. The first kappa shape index (κ1) is 9.72. The molecule has 0 radical (unpaired) electrons.